The summed E-state index contributed by atoms with van der Waals surface area (Å²) < 4.78 is 0. The molecule has 0 bridgehead atoms. The van der Waals surface area contributed by atoms with Gasteiger partial charge in [-0.3, -0.25) is 4.79 Å². The van der Waals surface area contributed by atoms with E-state index in [2.05, 4.69) is 5.32 Å². The van der Waals surface area contributed by atoms with Crippen LogP contribution in [0.1, 0.15) is 25.8 Å². The number of hydrogen-bond donors (Lipinski definition) is 2. The Labute approximate surface area is 112 Å². The summed E-state index contributed by atoms with van der Waals surface area (Å²) in [6, 6.07) is 6.11. The van der Waals surface area contributed by atoms with Crippen LogP contribution in [0, 0.1) is 17.2 Å². The first kappa shape index (κ1) is 14.5. The van der Waals surface area contributed by atoms with Gasteiger partial charge in [-0.15, -0.1) is 0 Å². The van der Waals surface area contributed by atoms with Gasteiger partial charge in [0.15, 0.2) is 0 Å². The molecular formula is C13H16ClN3O. The van der Waals surface area contributed by atoms with Crippen molar-refractivity contribution in [2.24, 2.45) is 11.7 Å². The maximum absolute atomic E-state index is 11.8. The van der Waals surface area contributed by atoms with Crippen molar-refractivity contribution in [3.63, 3.8) is 0 Å². The summed E-state index contributed by atoms with van der Waals surface area (Å²) >= 11 is 5.96. The molecule has 4 nitrogen and oxygen atoms in total. The van der Waals surface area contributed by atoms with Crippen molar-refractivity contribution in [2.75, 3.05) is 5.32 Å². The zero-order valence-electron chi connectivity index (χ0n) is 10.4. The first-order valence-corrected chi connectivity index (χ1v) is 6.08. The zero-order valence-corrected chi connectivity index (χ0v) is 11.2. The van der Waals surface area contributed by atoms with Crippen LogP contribution in [0.3, 0.4) is 0 Å². The van der Waals surface area contributed by atoms with Gasteiger partial charge in [0.1, 0.15) is 0 Å². The van der Waals surface area contributed by atoms with Crippen LogP contribution in [0.5, 0.6) is 0 Å². The normalized spacial score (nSPS) is 12.0. The minimum Gasteiger partial charge on any atom is -0.323 e. The quantitative estimate of drug-likeness (QED) is 0.878. The number of nitrogens with one attached hydrogen (secondary N) is 1. The van der Waals surface area contributed by atoms with Gasteiger partial charge in [0.25, 0.3) is 0 Å². The molecule has 0 radical (unpaired) electrons. The predicted molar refractivity (Wildman–Crippen MR) is 72.2 cm³/mol. The van der Waals surface area contributed by atoms with Crippen LogP contribution >= 0.6 is 11.6 Å². The lowest BCUT2D eigenvalue weighted by molar-refractivity contribution is -0.117. The van der Waals surface area contributed by atoms with Crippen molar-refractivity contribution in [1.82, 2.24) is 0 Å². The molecule has 0 unspecified atom stereocenters. The Balaban J connectivity index is 2.73. The fraction of sp³-hybridized carbons (Fsp3) is 0.385. The number of hydrogen-bond acceptors (Lipinski definition) is 3. The monoisotopic (exact) mass is 265 g/mol. The molecule has 1 aromatic rings. The lowest BCUT2D eigenvalue weighted by atomic mass is 10.0. The molecule has 0 aromatic heterocycles. The van der Waals surface area contributed by atoms with E-state index in [1.807, 2.05) is 19.9 Å². The Morgan fingerprint density at radius 1 is 1.56 bits per heavy atom. The maximum atomic E-state index is 11.8. The highest BCUT2D eigenvalue weighted by Crippen LogP contribution is 2.23. The predicted octanol–water partition coefficient (Wildman–Crippen LogP) is 2.52. The van der Waals surface area contributed by atoms with Crippen LogP contribution in [0.15, 0.2) is 18.2 Å². The minimum atomic E-state index is -0.559. The summed E-state index contributed by atoms with van der Waals surface area (Å²) in [7, 11) is 0. The summed E-state index contributed by atoms with van der Waals surface area (Å²) in [5, 5.41) is 11.7. The molecular weight excluding hydrogens is 250 g/mol. The topological polar surface area (TPSA) is 78.9 Å². The molecule has 18 heavy (non-hydrogen) atoms. The van der Waals surface area contributed by atoms with Crippen LogP contribution in [0.25, 0.3) is 0 Å². The Kier molecular flexibility index (Phi) is 5.14. The van der Waals surface area contributed by atoms with E-state index >= 15 is 0 Å². The molecule has 0 aliphatic heterocycles. The second kappa shape index (κ2) is 6.39. The summed E-state index contributed by atoms with van der Waals surface area (Å²) in [6.45, 7) is 4.00. The minimum absolute atomic E-state index is 0.268. The third-order valence-corrected chi connectivity index (χ3v) is 2.73. The van der Waals surface area contributed by atoms with Crippen LogP contribution in [-0.2, 0) is 4.79 Å². The summed E-state index contributed by atoms with van der Waals surface area (Å²) in [5.41, 5.74) is 6.69. The Morgan fingerprint density at radius 2 is 2.22 bits per heavy atom. The molecule has 0 saturated carbocycles. The molecule has 1 atom stereocenters. The fourth-order valence-corrected chi connectivity index (χ4v) is 1.75. The van der Waals surface area contributed by atoms with Gasteiger partial charge in [0.05, 0.1) is 28.4 Å². The van der Waals surface area contributed by atoms with Gasteiger partial charge in [-0.25, -0.2) is 0 Å². The summed E-state index contributed by atoms with van der Waals surface area (Å²) in [5.74, 6) is 0.0810. The molecule has 96 valence electrons. The van der Waals surface area contributed by atoms with Crippen molar-refractivity contribution in [1.29, 1.82) is 5.26 Å². The molecule has 0 spiro atoms. The summed E-state index contributed by atoms with van der Waals surface area (Å²) in [4.78, 5) is 11.8. The lowest BCUT2D eigenvalue weighted by Gasteiger charge is -2.14. The molecule has 0 saturated heterocycles. The average Bonchev–Trinajstić information content (AvgIpc) is 2.30. The number of rotatable bonds is 4. The van der Waals surface area contributed by atoms with Crippen LogP contribution in [-0.4, -0.2) is 11.9 Å². The van der Waals surface area contributed by atoms with E-state index in [1.165, 1.54) is 6.07 Å². The number of anilines is 1. The zero-order chi connectivity index (χ0) is 13.7. The smallest absolute Gasteiger partial charge is 0.241 e. The second-order valence-corrected chi connectivity index (χ2v) is 4.94. The second-order valence-electron chi connectivity index (χ2n) is 4.53. The highest BCUT2D eigenvalue weighted by atomic mass is 35.5. The van der Waals surface area contributed by atoms with E-state index < -0.39 is 6.04 Å². The van der Waals surface area contributed by atoms with Crippen LogP contribution in [0.4, 0.5) is 5.69 Å². The third-order valence-electron chi connectivity index (χ3n) is 2.42. The van der Waals surface area contributed by atoms with Crippen molar-refractivity contribution >= 4 is 23.2 Å². The van der Waals surface area contributed by atoms with Gasteiger partial charge in [-0.05, 0) is 30.5 Å². The number of carbonyl (C=O) groups is 1. The molecule has 0 aliphatic rings. The van der Waals surface area contributed by atoms with Crippen LogP contribution < -0.4 is 11.1 Å². The van der Waals surface area contributed by atoms with Crippen molar-refractivity contribution in [2.45, 2.75) is 26.3 Å². The van der Waals surface area contributed by atoms with Gasteiger partial charge in [0, 0.05) is 0 Å². The SMILES string of the molecule is CC(C)C[C@@H](N)C(=O)Nc1ccc(C#N)cc1Cl. The number of nitrogens with two attached hydrogens (primary N) is 1. The highest BCUT2D eigenvalue weighted by molar-refractivity contribution is 6.33. The molecule has 0 fully saturated rings. The number of amides is 1. The fourth-order valence-electron chi connectivity index (χ4n) is 1.53. The molecule has 0 aliphatic carbocycles. The van der Waals surface area contributed by atoms with Gasteiger partial charge >= 0.3 is 0 Å². The first-order chi connectivity index (χ1) is 8.43. The number of carbonyl (C=O) groups excluding carboxylic acids is 1. The third kappa shape index (κ3) is 4.02. The number of benzene rings is 1. The molecule has 1 aromatic carbocycles. The Morgan fingerprint density at radius 3 is 2.72 bits per heavy atom. The van der Waals surface area contributed by atoms with E-state index in [0.29, 0.717) is 28.6 Å². The number of halogens is 1. The lowest BCUT2D eigenvalue weighted by Crippen LogP contribution is -2.36. The van der Waals surface area contributed by atoms with E-state index in [4.69, 9.17) is 22.6 Å². The molecule has 1 rings (SSSR count). The number of nitrogens with zero attached hydrogens (tertiary/aromatic N) is 1. The van der Waals surface area contributed by atoms with Crippen molar-refractivity contribution in [3.8, 4) is 6.07 Å². The van der Waals surface area contributed by atoms with E-state index in [-0.39, 0.29) is 5.91 Å². The molecule has 5 heteroatoms. The Bertz CT molecular complexity index is 480. The van der Waals surface area contributed by atoms with Crippen LogP contribution in [0.2, 0.25) is 5.02 Å². The standard InChI is InChI=1S/C13H16ClN3O/c1-8(2)5-11(16)13(18)17-12-4-3-9(7-15)6-10(12)14/h3-4,6,8,11H,5,16H2,1-2H3,(H,17,18)/t11-/m1/s1. The van der Waals surface area contributed by atoms with Gasteiger partial charge in [-0.2, -0.15) is 5.26 Å². The largest absolute Gasteiger partial charge is 0.323 e. The first-order valence-electron chi connectivity index (χ1n) is 5.70. The van der Waals surface area contributed by atoms with Gasteiger partial charge in [-0.1, -0.05) is 25.4 Å². The van der Waals surface area contributed by atoms with Crippen molar-refractivity contribution in [3.05, 3.63) is 28.8 Å². The summed E-state index contributed by atoms with van der Waals surface area (Å²) in [6.07, 6.45) is 0.611. The Hall–Kier alpha value is -1.57. The van der Waals surface area contributed by atoms with E-state index in [1.54, 1.807) is 12.1 Å². The van der Waals surface area contributed by atoms with Crippen molar-refractivity contribution < 1.29 is 4.79 Å². The molecule has 3 N–H and O–H groups in total. The maximum Gasteiger partial charge on any atom is 0.241 e. The number of nitriles is 1. The van der Waals surface area contributed by atoms with E-state index in [0.717, 1.165) is 0 Å². The molecule has 1 amide bonds. The van der Waals surface area contributed by atoms with E-state index in [9.17, 15) is 4.79 Å². The average molecular weight is 266 g/mol. The van der Waals surface area contributed by atoms with Gasteiger partial charge < -0.3 is 11.1 Å². The molecule has 0 heterocycles. The van der Waals surface area contributed by atoms with Gasteiger partial charge in [0.2, 0.25) is 5.91 Å². The highest BCUT2D eigenvalue weighted by Gasteiger charge is 2.16.